The van der Waals surface area contributed by atoms with Crippen LogP contribution in [0.3, 0.4) is 0 Å². The van der Waals surface area contributed by atoms with Gasteiger partial charge in [0.2, 0.25) is 11.8 Å². The summed E-state index contributed by atoms with van der Waals surface area (Å²) < 4.78 is 0. The average molecular weight is 344 g/mol. The molecule has 0 bridgehead atoms. The van der Waals surface area contributed by atoms with Crippen LogP contribution in [-0.4, -0.2) is 18.0 Å². The largest absolute Gasteiger partial charge is 0.352 e. The summed E-state index contributed by atoms with van der Waals surface area (Å²) in [5.74, 6) is -0.481. The maximum atomic E-state index is 11.7. The number of carbonyl (C=O) groups excluding carboxylic acids is 2. The Hall–Kier alpha value is -2.66. The molecule has 5 nitrogen and oxygen atoms in total. The third-order valence-electron chi connectivity index (χ3n) is 3.18. The second-order valence-corrected chi connectivity index (χ2v) is 5.54. The second-order valence-electron chi connectivity index (χ2n) is 5.11. The van der Waals surface area contributed by atoms with Gasteiger partial charge in [-0.3, -0.25) is 9.59 Å². The van der Waals surface area contributed by atoms with E-state index < -0.39 is 0 Å². The van der Waals surface area contributed by atoms with Crippen molar-refractivity contribution in [2.24, 2.45) is 5.10 Å². The zero-order chi connectivity index (χ0) is 17.2. The molecule has 0 radical (unpaired) electrons. The summed E-state index contributed by atoms with van der Waals surface area (Å²) in [5, 5.41) is 7.25. The lowest BCUT2D eigenvalue weighted by atomic mass is 10.2. The van der Waals surface area contributed by atoms with E-state index in [0.29, 0.717) is 11.6 Å². The summed E-state index contributed by atoms with van der Waals surface area (Å²) in [7, 11) is 0. The highest BCUT2D eigenvalue weighted by molar-refractivity contribution is 6.30. The first-order valence-electron chi connectivity index (χ1n) is 7.51. The summed E-state index contributed by atoms with van der Waals surface area (Å²) >= 11 is 5.78. The number of carbonyl (C=O) groups is 2. The number of hydrazone groups is 1. The van der Waals surface area contributed by atoms with Crippen LogP contribution >= 0.6 is 11.6 Å². The SMILES string of the molecule is O=C(CCC(=O)NN=Cc1ccc(Cl)cc1)NCc1ccccc1. The maximum Gasteiger partial charge on any atom is 0.240 e. The number of halogens is 1. The topological polar surface area (TPSA) is 70.6 Å². The van der Waals surface area contributed by atoms with Crippen LogP contribution in [-0.2, 0) is 16.1 Å². The lowest BCUT2D eigenvalue weighted by Gasteiger charge is -2.04. The van der Waals surface area contributed by atoms with Crippen LogP contribution in [0.1, 0.15) is 24.0 Å². The highest BCUT2D eigenvalue weighted by atomic mass is 35.5. The molecule has 24 heavy (non-hydrogen) atoms. The predicted molar refractivity (Wildman–Crippen MR) is 94.7 cm³/mol. The number of nitrogens with one attached hydrogen (secondary N) is 2. The van der Waals surface area contributed by atoms with Gasteiger partial charge in [-0.1, -0.05) is 54.1 Å². The standard InChI is InChI=1S/C18H18ClN3O2/c19-16-8-6-15(7-9-16)13-21-22-18(24)11-10-17(23)20-12-14-4-2-1-3-5-14/h1-9,13H,10-12H2,(H,20,23)(H,22,24). The van der Waals surface area contributed by atoms with Crippen molar-refractivity contribution in [2.75, 3.05) is 0 Å². The van der Waals surface area contributed by atoms with Crippen molar-refractivity contribution in [3.8, 4) is 0 Å². The van der Waals surface area contributed by atoms with Gasteiger partial charge in [-0.05, 0) is 23.3 Å². The summed E-state index contributed by atoms with van der Waals surface area (Å²) in [4.78, 5) is 23.3. The van der Waals surface area contributed by atoms with Crippen LogP contribution < -0.4 is 10.7 Å². The van der Waals surface area contributed by atoms with Gasteiger partial charge in [0.05, 0.1) is 6.21 Å². The minimum atomic E-state index is -0.310. The summed E-state index contributed by atoms with van der Waals surface area (Å²) in [6, 6.07) is 16.6. The molecule has 0 spiro atoms. The summed E-state index contributed by atoms with van der Waals surface area (Å²) in [5.41, 5.74) is 4.23. The number of nitrogens with zero attached hydrogens (tertiary/aromatic N) is 1. The highest BCUT2D eigenvalue weighted by Crippen LogP contribution is 2.07. The molecular formula is C18H18ClN3O2. The first-order valence-corrected chi connectivity index (χ1v) is 7.89. The van der Waals surface area contributed by atoms with Crippen LogP contribution in [0, 0.1) is 0 Å². The van der Waals surface area contributed by atoms with Gasteiger partial charge in [-0.25, -0.2) is 5.43 Å². The fourth-order valence-electron chi connectivity index (χ4n) is 1.90. The van der Waals surface area contributed by atoms with E-state index >= 15 is 0 Å². The normalized spacial score (nSPS) is 10.5. The van der Waals surface area contributed by atoms with Crippen molar-refractivity contribution in [3.63, 3.8) is 0 Å². The van der Waals surface area contributed by atoms with E-state index in [4.69, 9.17) is 11.6 Å². The molecule has 0 aliphatic rings. The molecule has 2 aromatic carbocycles. The number of benzene rings is 2. The molecule has 0 aromatic heterocycles. The Labute approximate surface area is 145 Å². The molecule has 0 saturated heterocycles. The quantitative estimate of drug-likeness (QED) is 0.599. The number of amides is 2. The van der Waals surface area contributed by atoms with Gasteiger partial charge < -0.3 is 5.32 Å². The smallest absolute Gasteiger partial charge is 0.240 e. The van der Waals surface area contributed by atoms with E-state index in [0.717, 1.165) is 11.1 Å². The van der Waals surface area contributed by atoms with Gasteiger partial charge in [0.15, 0.2) is 0 Å². The van der Waals surface area contributed by atoms with E-state index in [2.05, 4.69) is 15.8 Å². The Morgan fingerprint density at radius 2 is 1.62 bits per heavy atom. The third kappa shape index (κ3) is 6.62. The molecule has 0 atom stereocenters. The van der Waals surface area contributed by atoms with Crippen LogP contribution in [0.15, 0.2) is 59.7 Å². The minimum absolute atomic E-state index is 0.0819. The molecule has 0 aliphatic carbocycles. The van der Waals surface area contributed by atoms with Crippen molar-refractivity contribution in [1.82, 2.24) is 10.7 Å². The van der Waals surface area contributed by atoms with Crippen LogP contribution in [0.2, 0.25) is 5.02 Å². The molecule has 2 aromatic rings. The van der Waals surface area contributed by atoms with Crippen molar-refractivity contribution in [2.45, 2.75) is 19.4 Å². The van der Waals surface area contributed by atoms with E-state index in [1.807, 2.05) is 30.3 Å². The highest BCUT2D eigenvalue weighted by Gasteiger charge is 2.05. The van der Waals surface area contributed by atoms with Crippen molar-refractivity contribution < 1.29 is 9.59 Å². The lowest BCUT2D eigenvalue weighted by Crippen LogP contribution is -2.25. The van der Waals surface area contributed by atoms with Crippen LogP contribution in [0.25, 0.3) is 0 Å². The molecule has 2 rings (SSSR count). The molecule has 2 N–H and O–H groups in total. The van der Waals surface area contributed by atoms with Gasteiger partial charge in [-0.2, -0.15) is 5.10 Å². The van der Waals surface area contributed by atoms with Gasteiger partial charge in [-0.15, -0.1) is 0 Å². The molecule has 0 fully saturated rings. The Balaban J connectivity index is 1.65. The lowest BCUT2D eigenvalue weighted by molar-refractivity contribution is -0.126. The monoisotopic (exact) mass is 343 g/mol. The Kier molecular flexibility index (Phi) is 6.98. The fraction of sp³-hybridized carbons (Fsp3) is 0.167. The molecule has 2 amide bonds. The molecule has 6 heteroatoms. The number of hydrogen-bond acceptors (Lipinski definition) is 3. The zero-order valence-electron chi connectivity index (χ0n) is 13.0. The molecule has 0 heterocycles. The van der Waals surface area contributed by atoms with Crippen LogP contribution in [0.4, 0.5) is 0 Å². The Morgan fingerprint density at radius 1 is 0.958 bits per heavy atom. The number of hydrogen-bond donors (Lipinski definition) is 2. The maximum absolute atomic E-state index is 11.7. The molecule has 0 saturated carbocycles. The first kappa shape index (κ1) is 17.7. The van der Waals surface area contributed by atoms with Crippen molar-refractivity contribution in [3.05, 3.63) is 70.7 Å². The average Bonchev–Trinajstić information content (AvgIpc) is 2.61. The van der Waals surface area contributed by atoms with Gasteiger partial charge in [0.25, 0.3) is 0 Å². The zero-order valence-corrected chi connectivity index (χ0v) is 13.8. The van der Waals surface area contributed by atoms with E-state index in [1.165, 1.54) is 6.21 Å². The summed E-state index contributed by atoms with van der Waals surface area (Å²) in [6.07, 6.45) is 1.72. The van der Waals surface area contributed by atoms with Crippen molar-refractivity contribution >= 4 is 29.6 Å². The Bertz CT molecular complexity index is 700. The van der Waals surface area contributed by atoms with Crippen molar-refractivity contribution in [1.29, 1.82) is 0 Å². The fourth-order valence-corrected chi connectivity index (χ4v) is 2.02. The number of rotatable bonds is 7. The second kappa shape index (κ2) is 9.47. The predicted octanol–water partition coefficient (Wildman–Crippen LogP) is 2.89. The van der Waals surface area contributed by atoms with E-state index in [1.54, 1.807) is 24.3 Å². The Morgan fingerprint density at radius 3 is 2.33 bits per heavy atom. The molecule has 124 valence electrons. The van der Waals surface area contributed by atoms with Crippen LogP contribution in [0.5, 0.6) is 0 Å². The summed E-state index contributed by atoms with van der Waals surface area (Å²) in [6.45, 7) is 0.454. The molecule has 0 unspecified atom stereocenters. The van der Waals surface area contributed by atoms with Gasteiger partial charge in [0, 0.05) is 24.4 Å². The third-order valence-corrected chi connectivity index (χ3v) is 3.44. The van der Waals surface area contributed by atoms with E-state index in [-0.39, 0.29) is 24.7 Å². The minimum Gasteiger partial charge on any atom is -0.352 e. The molecule has 0 aliphatic heterocycles. The first-order chi connectivity index (χ1) is 11.6. The molecular weight excluding hydrogens is 326 g/mol. The van der Waals surface area contributed by atoms with Gasteiger partial charge >= 0.3 is 0 Å². The van der Waals surface area contributed by atoms with Gasteiger partial charge in [0.1, 0.15) is 0 Å². The van der Waals surface area contributed by atoms with E-state index in [9.17, 15) is 9.59 Å².